The zero-order valence-corrected chi connectivity index (χ0v) is 12.2. The van der Waals surface area contributed by atoms with Crippen LogP contribution in [0, 0.1) is 11.3 Å². The van der Waals surface area contributed by atoms with E-state index in [1.165, 1.54) is 0 Å². The van der Waals surface area contributed by atoms with E-state index in [9.17, 15) is 8.42 Å². The Morgan fingerprint density at radius 2 is 2.05 bits per heavy atom. The molecule has 19 heavy (non-hydrogen) atoms. The molecule has 0 aromatic heterocycles. The number of rotatable bonds is 3. The lowest BCUT2D eigenvalue weighted by Crippen LogP contribution is -2.34. The Kier molecular flexibility index (Phi) is 4.86. The highest BCUT2D eigenvalue weighted by Gasteiger charge is 2.24. The number of hydrogen-bond acceptors (Lipinski definition) is 4. The highest BCUT2D eigenvalue weighted by atomic mass is 32.2. The molecule has 1 aliphatic rings. The van der Waals surface area contributed by atoms with Gasteiger partial charge in [-0.3, -0.25) is 0 Å². The average Bonchev–Trinajstić information content (AvgIpc) is 2.68. The summed E-state index contributed by atoms with van der Waals surface area (Å²) in [6.07, 6.45) is 0.893. The van der Waals surface area contributed by atoms with Crippen molar-refractivity contribution in [3.05, 3.63) is 35.4 Å². The van der Waals surface area contributed by atoms with E-state index in [1.807, 2.05) is 6.07 Å². The Labute approximate surface area is 118 Å². The molecule has 0 saturated carbocycles. The van der Waals surface area contributed by atoms with Gasteiger partial charge in [-0.15, -0.1) is 0 Å². The van der Waals surface area contributed by atoms with E-state index in [-0.39, 0.29) is 5.75 Å². The van der Waals surface area contributed by atoms with Gasteiger partial charge in [0.2, 0.25) is 10.0 Å². The fraction of sp³-hybridized carbons (Fsp3) is 0.462. The summed E-state index contributed by atoms with van der Waals surface area (Å²) >= 11 is 1.79. The second kappa shape index (κ2) is 6.42. The first-order chi connectivity index (χ1) is 9.13. The highest BCUT2D eigenvalue weighted by molar-refractivity contribution is 7.99. The molecule has 1 fully saturated rings. The number of sulfonamides is 1. The van der Waals surface area contributed by atoms with Crippen LogP contribution in [-0.4, -0.2) is 37.3 Å². The molecular weight excluding hydrogens is 280 g/mol. The highest BCUT2D eigenvalue weighted by Crippen LogP contribution is 2.18. The summed E-state index contributed by atoms with van der Waals surface area (Å²) in [6, 6.07) is 8.93. The van der Waals surface area contributed by atoms with Gasteiger partial charge in [0.15, 0.2) is 0 Å². The maximum Gasteiger partial charge on any atom is 0.218 e. The Morgan fingerprint density at radius 3 is 2.84 bits per heavy atom. The lowest BCUT2D eigenvalue weighted by molar-refractivity contribution is 0.434. The molecule has 0 spiro atoms. The Bertz CT molecular complexity index is 571. The molecule has 0 atom stereocenters. The summed E-state index contributed by atoms with van der Waals surface area (Å²) < 4.78 is 26.3. The quantitative estimate of drug-likeness (QED) is 0.853. The molecule has 1 heterocycles. The van der Waals surface area contributed by atoms with Crippen LogP contribution in [0.2, 0.25) is 0 Å². The summed E-state index contributed by atoms with van der Waals surface area (Å²) in [7, 11) is -3.32. The number of nitriles is 1. The smallest absolute Gasteiger partial charge is 0.212 e. The number of nitrogens with zero attached hydrogens (tertiary/aromatic N) is 2. The minimum absolute atomic E-state index is 0.0819. The second-order valence-electron chi connectivity index (χ2n) is 4.39. The normalized spacial score (nSPS) is 17.6. The lowest BCUT2D eigenvalue weighted by atomic mass is 10.1. The predicted molar refractivity (Wildman–Crippen MR) is 77.3 cm³/mol. The minimum Gasteiger partial charge on any atom is -0.212 e. The topological polar surface area (TPSA) is 61.2 Å². The molecule has 1 aliphatic heterocycles. The zero-order valence-electron chi connectivity index (χ0n) is 10.6. The first-order valence-electron chi connectivity index (χ1n) is 6.17. The van der Waals surface area contributed by atoms with Gasteiger partial charge >= 0.3 is 0 Å². The molecule has 0 radical (unpaired) electrons. The van der Waals surface area contributed by atoms with E-state index in [0.717, 1.165) is 17.9 Å². The first-order valence-corrected chi connectivity index (χ1v) is 8.93. The van der Waals surface area contributed by atoms with E-state index < -0.39 is 10.0 Å². The van der Waals surface area contributed by atoms with Gasteiger partial charge in [0.1, 0.15) is 0 Å². The number of benzene rings is 1. The Balaban J connectivity index is 2.18. The largest absolute Gasteiger partial charge is 0.218 e. The molecule has 1 aromatic carbocycles. The van der Waals surface area contributed by atoms with Crippen molar-refractivity contribution in [2.45, 2.75) is 12.2 Å². The van der Waals surface area contributed by atoms with Crippen molar-refractivity contribution >= 4 is 21.8 Å². The van der Waals surface area contributed by atoms with Crippen molar-refractivity contribution in [2.75, 3.05) is 24.6 Å². The number of thioether (sulfide) groups is 1. The average molecular weight is 296 g/mol. The van der Waals surface area contributed by atoms with Crippen molar-refractivity contribution < 1.29 is 8.42 Å². The van der Waals surface area contributed by atoms with Gasteiger partial charge in [-0.05, 0) is 23.8 Å². The monoisotopic (exact) mass is 296 g/mol. The van der Waals surface area contributed by atoms with Gasteiger partial charge in [0.05, 0.1) is 17.4 Å². The van der Waals surface area contributed by atoms with Gasteiger partial charge in [-0.1, -0.05) is 18.2 Å². The number of hydrogen-bond donors (Lipinski definition) is 0. The fourth-order valence-corrected chi connectivity index (χ4v) is 4.65. The van der Waals surface area contributed by atoms with E-state index >= 15 is 0 Å². The summed E-state index contributed by atoms with van der Waals surface area (Å²) in [5, 5.41) is 9.01. The molecule has 102 valence electrons. The molecule has 0 unspecified atom stereocenters. The van der Waals surface area contributed by atoms with E-state index in [0.29, 0.717) is 24.2 Å². The van der Waals surface area contributed by atoms with Crippen LogP contribution in [0.5, 0.6) is 0 Å². The standard InChI is InChI=1S/C13H16N2O2S2/c14-10-12-4-1-2-5-13(12)11-19(16,17)15-6-3-8-18-9-7-15/h1-2,4-5H,3,6-9,11H2. The van der Waals surface area contributed by atoms with Crippen molar-refractivity contribution in [1.82, 2.24) is 4.31 Å². The van der Waals surface area contributed by atoms with Gasteiger partial charge < -0.3 is 0 Å². The molecule has 1 saturated heterocycles. The predicted octanol–water partition coefficient (Wildman–Crippen LogP) is 1.83. The third-order valence-electron chi connectivity index (χ3n) is 3.05. The van der Waals surface area contributed by atoms with Gasteiger partial charge in [0, 0.05) is 18.8 Å². The third kappa shape index (κ3) is 3.72. The SMILES string of the molecule is N#Cc1ccccc1CS(=O)(=O)N1CCCSCC1. The fourth-order valence-electron chi connectivity index (χ4n) is 2.04. The molecule has 0 N–H and O–H groups in total. The molecule has 0 bridgehead atoms. The van der Waals surface area contributed by atoms with Crippen LogP contribution in [0.25, 0.3) is 0 Å². The van der Waals surface area contributed by atoms with Crippen LogP contribution in [0.3, 0.4) is 0 Å². The maximum atomic E-state index is 12.4. The molecule has 0 amide bonds. The van der Waals surface area contributed by atoms with Crippen LogP contribution in [-0.2, 0) is 15.8 Å². The summed E-state index contributed by atoms with van der Waals surface area (Å²) in [5.41, 5.74) is 1.03. The van der Waals surface area contributed by atoms with E-state index in [1.54, 1.807) is 40.3 Å². The maximum absolute atomic E-state index is 12.4. The van der Waals surface area contributed by atoms with E-state index in [4.69, 9.17) is 5.26 Å². The van der Waals surface area contributed by atoms with Gasteiger partial charge in [-0.2, -0.15) is 17.0 Å². The summed E-state index contributed by atoms with van der Waals surface area (Å²) in [4.78, 5) is 0. The van der Waals surface area contributed by atoms with Gasteiger partial charge in [-0.25, -0.2) is 12.7 Å². The van der Waals surface area contributed by atoms with Crippen molar-refractivity contribution in [3.8, 4) is 6.07 Å². The zero-order chi connectivity index (χ0) is 13.7. The van der Waals surface area contributed by atoms with Gasteiger partial charge in [0.25, 0.3) is 0 Å². The van der Waals surface area contributed by atoms with Crippen molar-refractivity contribution in [1.29, 1.82) is 5.26 Å². The Hall–Kier alpha value is -1.03. The second-order valence-corrected chi connectivity index (χ2v) is 7.58. The molecule has 6 heteroatoms. The lowest BCUT2D eigenvalue weighted by Gasteiger charge is -2.19. The van der Waals surface area contributed by atoms with Crippen LogP contribution < -0.4 is 0 Å². The van der Waals surface area contributed by atoms with Crippen LogP contribution in [0.4, 0.5) is 0 Å². The molecular formula is C13H16N2O2S2. The van der Waals surface area contributed by atoms with Crippen LogP contribution in [0.1, 0.15) is 17.5 Å². The molecule has 4 nitrogen and oxygen atoms in total. The van der Waals surface area contributed by atoms with Crippen LogP contribution in [0.15, 0.2) is 24.3 Å². The van der Waals surface area contributed by atoms with E-state index in [2.05, 4.69) is 0 Å². The van der Waals surface area contributed by atoms with Crippen LogP contribution >= 0.6 is 11.8 Å². The minimum atomic E-state index is -3.32. The molecule has 0 aliphatic carbocycles. The summed E-state index contributed by atoms with van der Waals surface area (Å²) in [6.45, 7) is 1.16. The first kappa shape index (κ1) is 14.4. The summed E-state index contributed by atoms with van der Waals surface area (Å²) in [5.74, 6) is 1.78. The third-order valence-corrected chi connectivity index (χ3v) is 5.93. The van der Waals surface area contributed by atoms with Crippen molar-refractivity contribution in [3.63, 3.8) is 0 Å². The molecule has 1 aromatic rings. The van der Waals surface area contributed by atoms with Crippen molar-refractivity contribution in [2.24, 2.45) is 0 Å². The molecule has 2 rings (SSSR count). The Morgan fingerprint density at radius 1 is 1.26 bits per heavy atom.